The summed E-state index contributed by atoms with van der Waals surface area (Å²) in [4.78, 5) is 13.1. The molecule has 0 aliphatic heterocycles. The van der Waals surface area contributed by atoms with Crippen LogP contribution >= 0.6 is 11.8 Å². The fourth-order valence-corrected chi connectivity index (χ4v) is 2.69. The van der Waals surface area contributed by atoms with Crippen molar-refractivity contribution in [3.05, 3.63) is 29.8 Å². The molecule has 0 unspecified atom stereocenters. The second kappa shape index (κ2) is 5.76. The van der Waals surface area contributed by atoms with Crippen molar-refractivity contribution in [2.45, 2.75) is 42.7 Å². The third-order valence-corrected chi connectivity index (χ3v) is 4.21. The van der Waals surface area contributed by atoms with E-state index in [1.54, 1.807) is 11.8 Å². The molecular weight excluding hydrogens is 246 g/mol. The van der Waals surface area contributed by atoms with Gasteiger partial charge in [0.15, 0.2) is 0 Å². The Bertz CT molecular complexity index is 410. The van der Waals surface area contributed by atoms with Gasteiger partial charge in [-0.3, -0.25) is 4.79 Å². The van der Waals surface area contributed by atoms with E-state index in [4.69, 9.17) is 0 Å². The zero-order chi connectivity index (χ0) is 13.0. The molecule has 1 fully saturated rings. The third kappa shape index (κ3) is 3.06. The topological polar surface area (TPSA) is 49.3 Å². The molecule has 1 aromatic carbocycles. The molecule has 0 aromatic heterocycles. The van der Waals surface area contributed by atoms with Crippen molar-refractivity contribution < 1.29 is 9.90 Å². The first-order valence-electron chi connectivity index (χ1n) is 6.28. The summed E-state index contributed by atoms with van der Waals surface area (Å²) < 4.78 is 0. The van der Waals surface area contributed by atoms with Crippen LogP contribution in [0, 0.1) is 0 Å². The van der Waals surface area contributed by atoms with Crippen LogP contribution in [-0.4, -0.2) is 22.9 Å². The molecule has 0 atom stereocenters. The predicted molar refractivity (Wildman–Crippen MR) is 73.5 cm³/mol. The smallest absolute Gasteiger partial charge is 0.252 e. The highest BCUT2D eigenvalue weighted by Gasteiger charge is 2.38. The van der Waals surface area contributed by atoms with E-state index < -0.39 is 5.60 Å². The van der Waals surface area contributed by atoms with Gasteiger partial charge in [0.1, 0.15) is 5.60 Å². The molecule has 1 aromatic rings. The number of rotatable bonds is 4. The van der Waals surface area contributed by atoms with E-state index in [1.807, 2.05) is 30.5 Å². The number of hydrogen-bond donors (Lipinski definition) is 2. The average Bonchev–Trinajstić information content (AvgIpc) is 2.85. The van der Waals surface area contributed by atoms with Crippen LogP contribution < -0.4 is 5.32 Å². The van der Waals surface area contributed by atoms with Gasteiger partial charge >= 0.3 is 0 Å². The minimum Gasteiger partial charge on any atom is -0.380 e. The molecule has 0 heterocycles. The zero-order valence-electron chi connectivity index (χ0n) is 10.6. The van der Waals surface area contributed by atoms with Gasteiger partial charge in [0.25, 0.3) is 5.91 Å². The van der Waals surface area contributed by atoms with E-state index in [2.05, 4.69) is 5.32 Å². The molecule has 1 aliphatic rings. The normalized spacial score (nSPS) is 17.7. The van der Waals surface area contributed by atoms with Crippen LogP contribution in [-0.2, 0) is 11.3 Å². The molecular formula is C14H19NO2S. The highest BCUT2D eigenvalue weighted by molar-refractivity contribution is 7.98. The lowest BCUT2D eigenvalue weighted by Gasteiger charge is -2.20. The van der Waals surface area contributed by atoms with Crippen LogP contribution in [0.2, 0.25) is 0 Å². The van der Waals surface area contributed by atoms with Gasteiger partial charge < -0.3 is 10.4 Å². The highest BCUT2D eigenvalue weighted by atomic mass is 32.2. The number of hydrogen-bond acceptors (Lipinski definition) is 3. The Morgan fingerprint density at radius 3 is 2.50 bits per heavy atom. The molecule has 98 valence electrons. The van der Waals surface area contributed by atoms with E-state index in [0.717, 1.165) is 18.4 Å². The molecule has 0 bridgehead atoms. The van der Waals surface area contributed by atoms with Crippen LogP contribution in [0.3, 0.4) is 0 Å². The van der Waals surface area contributed by atoms with Crippen LogP contribution in [0.25, 0.3) is 0 Å². The minimum absolute atomic E-state index is 0.228. The van der Waals surface area contributed by atoms with Gasteiger partial charge in [-0.15, -0.1) is 11.8 Å². The molecule has 2 rings (SSSR count). The first-order valence-corrected chi connectivity index (χ1v) is 7.50. The summed E-state index contributed by atoms with van der Waals surface area (Å²) in [6.45, 7) is 0.482. The van der Waals surface area contributed by atoms with Gasteiger partial charge in [-0.05, 0) is 49.6 Å². The first kappa shape index (κ1) is 13.4. The van der Waals surface area contributed by atoms with Crippen molar-refractivity contribution in [2.75, 3.05) is 6.26 Å². The lowest BCUT2D eigenvalue weighted by atomic mass is 10.0. The minimum atomic E-state index is -1.13. The lowest BCUT2D eigenvalue weighted by molar-refractivity contribution is -0.139. The Morgan fingerprint density at radius 1 is 1.33 bits per heavy atom. The number of benzene rings is 1. The number of nitrogens with one attached hydrogen (secondary N) is 1. The highest BCUT2D eigenvalue weighted by Crippen LogP contribution is 2.29. The van der Waals surface area contributed by atoms with Gasteiger partial charge in [-0.25, -0.2) is 0 Å². The molecule has 0 spiro atoms. The third-order valence-electron chi connectivity index (χ3n) is 3.47. The maximum absolute atomic E-state index is 11.9. The second-order valence-electron chi connectivity index (χ2n) is 4.77. The summed E-state index contributed by atoms with van der Waals surface area (Å²) >= 11 is 1.69. The second-order valence-corrected chi connectivity index (χ2v) is 5.65. The SMILES string of the molecule is CSc1ccc(CNC(=O)C2(O)CCCC2)cc1. The van der Waals surface area contributed by atoms with Crippen molar-refractivity contribution in [1.82, 2.24) is 5.32 Å². The fourth-order valence-electron chi connectivity index (χ4n) is 2.28. The summed E-state index contributed by atoms with van der Waals surface area (Å²) in [6, 6.07) is 8.09. The van der Waals surface area contributed by atoms with Crippen molar-refractivity contribution >= 4 is 17.7 Å². The van der Waals surface area contributed by atoms with Crippen LogP contribution in [0.5, 0.6) is 0 Å². The van der Waals surface area contributed by atoms with Crippen LogP contribution in [0.15, 0.2) is 29.2 Å². The van der Waals surface area contributed by atoms with Gasteiger partial charge in [-0.2, -0.15) is 0 Å². The van der Waals surface area contributed by atoms with Gasteiger partial charge in [0, 0.05) is 11.4 Å². The number of amides is 1. The molecule has 0 saturated heterocycles. The first-order chi connectivity index (χ1) is 8.64. The maximum Gasteiger partial charge on any atom is 0.252 e. The molecule has 1 aliphatic carbocycles. The number of carbonyl (C=O) groups excluding carboxylic acids is 1. The Balaban J connectivity index is 1.88. The van der Waals surface area contributed by atoms with Gasteiger partial charge in [0.05, 0.1) is 0 Å². The van der Waals surface area contributed by atoms with Crippen molar-refractivity contribution in [3.8, 4) is 0 Å². The molecule has 18 heavy (non-hydrogen) atoms. The summed E-state index contributed by atoms with van der Waals surface area (Å²) in [6.07, 6.45) is 5.08. The number of thioether (sulfide) groups is 1. The van der Waals surface area contributed by atoms with E-state index in [0.29, 0.717) is 19.4 Å². The maximum atomic E-state index is 11.9. The standard InChI is InChI=1S/C14H19NO2S/c1-18-12-6-4-11(5-7-12)10-15-13(16)14(17)8-2-3-9-14/h4-7,17H,2-3,8-10H2,1H3,(H,15,16). The van der Waals surface area contributed by atoms with E-state index in [1.165, 1.54) is 4.90 Å². The van der Waals surface area contributed by atoms with Crippen LogP contribution in [0.4, 0.5) is 0 Å². The molecule has 4 heteroatoms. The quantitative estimate of drug-likeness (QED) is 0.822. The Morgan fingerprint density at radius 2 is 1.94 bits per heavy atom. The Hall–Kier alpha value is -1.00. The average molecular weight is 265 g/mol. The lowest BCUT2D eigenvalue weighted by Crippen LogP contribution is -2.44. The molecule has 2 N–H and O–H groups in total. The van der Waals surface area contributed by atoms with E-state index in [9.17, 15) is 9.90 Å². The number of aliphatic hydroxyl groups is 1. The van der Waals surface area contributed by atoms with E-state index in [-0.39, 0.29) is 5.91 Å². The molecule has 1 saturated carbocycles. The fraction of sp³-hybridized carbons (Fsp3) is 0.500. The summed E-state index contributed by atoms with van der Waals surface area (Å²) in [5.41, 5.74) is -0.0677. The van der Waals surface area contributed by atoms with E-state index >= 15 is 0 Å². The van der Waals surface area contributed by atoms with Crippen molar-refractivity contribution in [1.29, 1.82) is 0 Å². The predicted octanol–water partition coefficient (Wildman–Crippen LogP) is 2.33. The Labute approximate surface area is 112 Å². The zero-order valence-corrected chi connectivity index (χ0v) is 11.4. The molecule has 1 amide bonds. The van der Waals surface area contributed by atoms with Crippen molar-refractivity contribution in [2.24, 2.45) is 0 Å². The summed E-state index contributed by atoms with van der Waals surface area (Å²) in [7, 11) is 0. The molecule has 0 radical (unpaired) electrons. The summed E-state index contributed by atoms with van der Waals surface area (Å²) in [5, 5.41) is 12.9. The largest absolute Gasteiger partial charge is 0.380 e. The van der Waals surface area contributed by atoms with Crippen LogP contribution in [0.1, 0.15) is 31.2 Å². The monoisotopic (exact) mass is 265 g/mol. The van der Waals surface area contributed by atoms with Crippen molar-refractivity contribution in [3.63, 3.8) is 0 Å². The number of carbonyl (C=O) groups is 1. The Kier molecular flexibility index (Phi) is 4.30. The molecule has 3 nitrogen and oxygen atoms in total. The van der Waals surface area contributed by atoms with Gasteiger partial charge in [-0.1, -0.05) is 12.1 Å². The van der Waals surface area contributed by atoms with Gasteiger partial charge in [0.2, 0.25) is 0 Å². The summed E-state index contributed by atoms with van der Waals surface area (Å²) in [5.74, 6) is -0.228.